The Morgan fingerprint density at radius 3 is 2.26 bits per heavy atom. The van der Waals surface area contributed by atoms with E-state index >= 15 is 0 Å². The van der Waals surface area contributed by atoms with E-state index in [1.165, 1.54) is 0 Å². The third kappa shape index (κ3) is 2.84. The van der Waals surface area contributed by atoms with E-state index in [1.807, 2.05) is 43.0 Å². The van der Waals surface area contributed by atoms with Crippen LogP contribution in [0.2, 0.25) is 0 Å². The van der Waals surface area contributed by atoms with Gasteiger partial charge in [0, 0.05) is 23.2 Å². The first-order valence-corrected chi connectivity index (χ1v) is 7.34. The molecule has 1 heterocycles. The Labute approximate surface area is 123 Å². The van der Waals surface area contributed by atoms with Crippen LogP contribution in [-0.2, 0) is 4.79 Å². The van der Waals surface area contributed by atoms with Crippen molar-refractivity contribution in [2.75, 3.05) is 18.0 Å². The summed E-state index contributed by atoms with van der Waals surface area (Å²) in [6, 6.07) is 7.93. The van der Waals surface area contributed by atoms with Crippen molar-refractivity contribution in [1.29, 1.82) is 0 Å². The fourth-order valence-corrected chi connectivity index (χ4v) is 2.73. The van der Waals surface area contributed by atoms with Crippen molar-refractivity contribution in [3.05, 3.63) is 28.7 Å². The summed E-state index contributed by atoms with van der Waals surface area (Å²) in [6.45, 7) is 9.69. The minimum absolute atomic E-state index is 0.171. The number of hydrogen-bond acceptors (Lipinski definition) is 2. The maximum atomic E-state index is 12.8. The lowest BCUT2D eigenvalue weighted by molar-refractivity contribution is -0.126. The summed E-state index contributed by atoms with van der Waals surface area (Å²) < 4.78 is 1.02. The highest BCUT2D eigenvalue weighted by Gasteiger charge is 2.42. The zero-order valence-corrected chi connectivity index (χ0v) is 13.5. The number of amides is 1. The number of carbonyl (C=O) groups is 1. The summed E-state index contributed by atoms with van der Waals surface area (Å²) in [4.78, 5) is 14.8. The number of anilines is 1. The minimum Gasteiger partial charge on any atom is -0.313 e. The van der Waals surface area contributed by atoms with E-state index in [9.17, 15) is 4.79 Å². The number of rotatable bonds is 1. The zero-order valence-electron chi connectivity index (χ0n) is 12.0. The van der Waals surface area contributed by atoms with Crippen LogP contribution in [0.15, 0.2) is 28.7 Å². The van der Waals surface area contributed by atoms with Gasteiger partial charge in [-0.3, -0.25) is 4.79 Å². The third-order valence-corrected chi connectivity index (χ3v) is 4.13. The monoisotopic (exact) mass is 324 g/mol. The molecule has 0 aliphatic carbocycles. The molecule has 1 N–H and O–H groups in total. The van der Waals surface area contributed by atoms with Gasteiger partial charge in [-0.15, -0.1) is 0 Å². The molecule has 1 saturated heterocycles. The van der Waals surface area contributed by atoms with Crippen LogP contribution < -0.4 is 10.2 Å². The normalized spacial score (nSPS) is 22.2. The van der Waals surface area contributed by atoms with Crippen LogP contribution in [0.5, 0.6) is 0 Å². The SMILES string of the molecule is CC1(C)CNCC(C)(C)N(c2ccc(Br)cc2)C1=O. The van der Waals surface area contributed by atoms with Gasteiger partial charge >= 0.3 is 0 Å². The first-order valence-electron chi connectivity index (χ1n) is 6.55. The van der Waals surface area contributed by atoms with E-state index in [2.05, 4.69) is 35.1 Å². The van der Waals surface area contributed by atoms with Gasteiger partial charge in [-0.05, 0) is 52.0 Å². The summed E-state index contributed by atoms with van der Waals surface area (Å²) in [7, 11) is 0. The molecule has 3 nitrogen and oxygen atoms in total. The molecule has 4 heteroatoms. The van der Waals surface area contributed by atoms with Crippen molar-refractivity contribution in [1.82, 2.24) is 5.32 Å². The van der Waals surface area contributed by atoms with Gasteiger partial charge in [-0.2, -0.15) is 0 Å². The molecule has 1 amide bonds. The van der Waals surface area contributed by atoms with E-state index in [4.69, 9.17) is 0 Å². The predicted molar refractivity (Wildman–Crippen MR) is 82.4 cm³/mol. The Bertz CT molecular complexity index is 479. The Kier molecular flexibility index (Phi) is 3.76. The highest BCUT2D eigenvalue weighted by atomic mass is 79.9. The summed E-state index contributed by atoms with van der Waals surface area (Å²) >= 11 is 3.44. The standard InChI is InChI=1S/C15H21BrN2O/c1-14(2)9-17-10-15(3,4)18(13(14)19)12-7-5-11(16)6-8-12/h5-8,17H,9-10H2,1-4H3. The molecule has 1 aromatic carbocycles. The average molecular weight is 325 g/mol. The highest BCUT2D eigenvalue weighted by molar-refractivity contribution is 9.10. The number of nitrogens with one attached hydrogen (secondary N) is 1. The molecule has 0 atom stereocenters. The lowest BCUT2D eigenvalue weighted by Gasteiger charge is -2.39. The first kappa shape index (κ1) is 14.5. The lowest BCUT2D eigenvalue weighted by atomic mass is 9.90. The Hall–Kier alpha value is -0.870. The molecule has 0 radical (unpaired) electrons. The second kappa shape index (κ2) is 4.91. The van der Waals surface area contributed by atoms with Gasteiger partial charge in [0.15, 0.2) is 0 Å². The van der Waals surface area contributed by atoms with Crippen molar-refractivity contribution in [3.8, 4) is 0 Å². The number of carbonyl (C=O) groups excluding carboxylic acids is 1. The van der Waals surface area contributed by atoms with Crippen LogP contribution in [0.1, 0.15) is 27.7 Å². The molecule has 1 aromatic rings. The first-order chi connectivity index (χ1) is 8.74. The molecule has 1 aliphatic rings. The zero-order chi connectivity index (χ0) is 14.3. The average Bonchev–Trinajstić information content (AvgIpc) is 2.37. The molecule has 1 fully saturated rings. The van der Waals surface area contributed by atoms with Gasteiger partial charge in [-0.1, -0.05) is 15.9 Å². The van der Waals surface area contributed by atoms with E-state index in [0.717, 1.165) is 16.7 Å². The number of hydrogen-bond donors (Lipinski definition) is 1. The maximum absolute atomic E-state index is 12.8. The van der Waals surface area contributed by atoms with E-state index in [-0.39, 0.29) is 16.9 Å². The van der Waals surface area contributed by atoms with Crippen molar-refractivity contribution in [2.24, 2.45) is 5.41 Å². The number of nitrogens with zero attached hydrogens (tertiary/aromatic N) is 1. The lowest BCUT2D eigenvalue weighted by Crippen LogP contribution is -2.53. The van der Waals surface area contributed by atoms with Crippen molar-refractivity contribution < 1.29 is 4.79 Å². The molecule has 1 aliphatic heterocycles. The molecule has 2 rings (SSSR count). The fraction of sp³-hybridized carbons (Fsp3) is 0.533. The summed E-state index contributed by atoms with van der Waals surface area (Å²) in [5.41, 5.74) is 0.328. The molecule has 0 unspecified atom stereocenters. The number of halogens is 1. The van der Waals surface area contributed by atoms with Gasteiger partial charge in [0.1, 0.15) is 0 Å². The molecule has 104 valence electrons. The van der Waals surface area contributed by atoms with Crippen LogP contribution in [0.3, 0.4) is 0 Å². The second-order valence-corrected chi connectivity index (χ2v) is 7.33. The largest absolute Gasteiger partial charge is 0.313 e. The van der Waals surface area contributed by atoms with Crippen LogP contribution in [0.25, 0.3) is 0 Å². The maximum Gasteiger partial charge on any atom is 0.234 e. The quantitative estimate of drug-likeness (QED) is 0.860. The molecule has 0 spiro atoms. The van der Waals surface area contributed by atoms with Gasteiger partial charge in [0.2, 0.25) is 5.91 Å². The summed E-state index contributed by atoms with van der Waals surface area (Å²) in [5, 5.41) is 3.40. The van der Waals surface area contributed by atoms with Crippen LogP contribution >= 0.6 is 15.9 Å². The van der Waals surface area contributed by atoms with Gasteiger partial charge in [-0.25, -0.2) is 0 Å². The van der Waals surface area contributed by atoms with Crippen LogP contribution in [0, 0.1) is 5.41 Å². The molecule has 0 bridgehead atoms. The van der Waals surface area contributed by atoms with Gasteiger partial charge in [0.25, 0.3) is 0 Å². The molecule has 19 heavy (non-hydrogen) atoms. The van der Waals surface area contributed by atoms with Crippen LogP contribution in [0.4, 0.5) is 5.69 Å². The van der Waals surface area contributed by atoms with Crippen molar-refractivity contribution in [2.45, 2.75) is 33.2 Å². The number of benzene rings is 1. The summed E-state index contributed by atoms with van der Waals surface area (Å²) in [5.74, 6) is 0.171. The Balaban J connectivity index is 2.47. The Morgan fingerprint density at radius 1 is 1.11 bits per heavy atom. The molecular formula is C15H21BrN2O. The predicted octanol–water partition coefficient (Wildman–Crippen LogP) is 3.19. The Morgan fingerprint density at radius 2 is 1.68 bits per heavy atom. The molecular weight excluding hydrogens is 304 g/mol. The highest BCUT2D eigenvalue weighted by Crippen LogP contribution is 2.32. The topological polar surface area (TPSA) is 32.3 Å². The third-order valence-electron chi connectivity index (χ3n) is 3.60. The van der Waals surface area contributed by atoms with Gasteiger partial charge < -0.3 is 10.2 Å². The van der Waals surface area contributed by atoms with Crippen LogP contribution in [-0.4, -0.2) is 24.5 Å². The fourth-order valence-electron chi connectivity index (χ4n) is 2.47. The smallest absolute Gasteiger partial charge is 0.234 e. The summed E-state index contributed by atoms with van der Waals surface area (Å²) in [6.07, 6.45) is 0. The van der Waals surface area contributed by atoms with E-state index in [0.29, 0.717) is 6.54 Å². The van der Waals surface area contributed by atoms with Gasteiger partial charge in [0.05, 0.1) is 11.0 Å². The van der Waals surface area contributed by atoms with Crippen molar-refractivity contribution >= 4 is 27.5 Å². The molecule has 0 aromatic heterocycles. The van der Waals surface area contributed by atoms with E-state index in [1.54, 1.807) is 0 Å². The van der Waals surface area contributed by atoms with Crippen molar-refractivity contribution in [3.63, 3.8) is 0 Å². The molecule has 0 saturated carbocycles. The second-order valence-electron chi connectivity index (χ2n) is 6.42. The minimum atomic E-state index is -0.388. The van der Waals surface area contributed by atoms with E-state index < -0.39 is 0 Å².